The van der Waals surface area contributed by atoms with Crippen LogP contribution in [0.5, 0.6) is 0 Å². The Hall–Kier alpha value is -3.31. The van der Waals surface area contributed by atoms with Crippen LogP contribution in [0.3, 0.4) is 0 Å². The predicted octanol–water partition coefficient (Wildman–Crippen LogP) is 4.13. The first-order valence-corrected chi connectivity index (χ1v) is 16.8. The van der Waals surface area contributed by atoms with Gasteiger partial charge in [-0.1, -0.05) is 45.9 Å². The van der Waals surface area contributed by atoms with Crippen molar-refractivity contribution in [1.82, 2.24) is 10.3 Å². The van der Waals surface area contributed by atoms with Crippen molar-refractivity contribution in [2.75, 3.05) is 24.2 Å². The van der Waals surface area contributed by atoms with Crippen LogP contribution in [-0.2, 0) is 38.9 Å². The van der Waals surface area contributed by atoms with E-state index in [1.807, 2.05) is 26.0 Å². The number of nitrogens with one attached hydrogen (secondary N) is 2. The average molecular weight is 615 g/mol. The summed E-state index contributed by atoms with van der Waals surface area (Å²) in [6, 6.07) is 11.7. The number of pyridine rings is 1. The number of rotatable bonds is 11. The van der Waals surface area contributed by atoms with E-state index in [0.29, 0.717) is 24.3 Å². The van der Waals surface area contributed by atoms with Crippen molar-refractivity contribution >= 4 is 33.5 Å². The van der Waals surface area contributed by atoms with E-state index < -0.39 is 21.4 Å². The zero-order valence-electron chi connectivity index (χ0n) is 25.7. The van der Waals surface area contributed by atoms with Crippen LogP contribution in [0.1, 0.15) is 87.0 Å². The number of carbonyl (C=O) groups excluding carboxylic acids is 2. The first kappa shape index (κ1) is 34.2. The highest BCUT2D eigenvalue weighted by atomic mass is 32.2. The van der Waals surface area contributed by atoms with Crippen molar-refractivity contribution in [2.24, 2.45) is 21.9 Å². The number of sulfonamides is 1. The van der Waals surface area contributed by atoms with Gasteiger partial charge in [-0.05, 0) is 79.2 Å². The molecule has 2 unspecified atom stereocenters. The van der Waals surface area contributed by atoms with E-state index in [-0.39, 0.29) is 35.8 Å². The molecule has 1 aliphatic carbocycles. The van der Waals surface area contributed by atoms with Crippen LogP contribution >= 0.6 is 0 Å². The second-order valence-electron chi connectivity index (χ2n) is 12.3. The number of carboxylic acid groups (broad SMARTS) is 1. The van der Waals surface area contributed by atoms with Crippen molar-refractivity contribution in [3.05, 3.63) is 58.8 Å². The van der Waals surface area contributed by atoms with Gasteiger partial charge < -0.3 is 15.7 Å². The monoisotopic (exact) mass is 614 g/mol. The summed E-state index contributed by atoms with van der Waals surface area (Å²) in [6.07, 6.45) is 5.75. The molecule has 2 aromatic rings. The Morgan fingerprint density at radius 2 is 1.81 bits per heavy atom. The minimum Gasteiger partial charge on any atom is -0.481 e. The summed E-state index contributed by atoms with van der Waals surface area (Å²) in [7, 11) is -3.64. The predicted molar refractivity (Wildman–Crippen MR) is 167 cm³/mol. The van der Waals surface area contributed by atoms with Gasteiger partial charge in [0.05, 0.1) is 12.2 Å². The summed E-state index contributed by atoms with van der Waals surface area (Å²) >= 11 is 0. The van der Waals surface area contributed by atoms with Gasteiger partial charge in [-0.25, -0.2) is 18.5 Å². The lowest BCUT2D eigenvalue weighted by molar-refractivity contribution is -0.137. The lowest BCUT2D eigenvalue weighted by atomic mass is 9.63. The summed E-state index contributed by atoms with van der Waals surface area (Å²) in [5, 5.41) is 19.7. The number of aromatic nitrogens is 1. The molecule has 10 nitrogen and oxygen atoms in total. The van der Waals surface area contributed by atoms with Gasteiger partial charge in [0.25, 0.3) is 5.91 Å². The number of hydrogen-bond donors (Lipinski definition) is 4. The van der Waals surface area contributed by atoms with E-state index in [2.05, 4.69) is 29.7 Å². The Kier molecular flexibility index (Phi) is 11.5. The number of nitrogens with zero attached hydrogens (tertiary/aromatic N) is 1. The molecule has 0 radical (unpaired) electrons. The molecule has 5 N–H and O–H groups in total. The van der Waals surface area contributed by atoms with Crippen LogP contribution < -0.4 is 15.8 Å². The summed E-state index contributed by atoms with van der Waals surface area (Å²) < 4.78 is 22.9. The van der Waals surface area contributed by atoms with E-state index in [0.717, 1.165) is 55.7 Å². The van der Waals surface area contributed by atoms with E-state index in [1.54, 1.807) is 19.1 Å². The highest BCUT2D eigenvalue weighted by Crippen LogP contribution is 2.57. The zero-order chi connectivity index (χ0) is 31.8. The fourth-order valence-corrected chi connectivity index (χ4v) is 7.49. The number of hydrogen-bond acceptors (Lipinski definition) is 7. The summed E-state index contributed by atoms with van der Waals surface area (Å²) in [5.74, 6) is -0.0149. The second-order valence-corrected chi connectivity index (χ2v) is 13.9. The molecule has 1 aromatic heterocycles. The average Bonchev–Trinajstić information content (AvgIpc) is 3.18. The molecule has 1 aliphatic heterocycles. The Bertz CT molecular complexity index is 1410. The molecule has 1 fully saturated rings. The van der Waals surface area contributed by atoms with Crippen LogP contribution in [0, 0.1) is 16.7 Å². The maximum atomic E-state index is 12.3. The maximum absolute atomic E-state index is 12.3. The third-order valence-corrected chi connectivity index (χ3v) is 10.1. The molecule has 4 rings (SSSR count). The molecular formula is C32H46N4O6S. The molecule has 43 heavy (non-hydrogen) atoms. The van der Waals surface area contributed by atoms with E-state index in [1.165, 1.54) is 5.56 Å². The van der Waals surface area contributed by atoms with E-state index in [4.69, 9.17) is 15.2 Å². The molecule has 0 bridgehead atoms. The largest absolute Gasteiger partial charge is 0.481 e. The minimum absolute atomic E-state index is 0.0286. The molecule has 2 atom stereocenters. The summed E-state index contributed by atoms with van der Waals surface area (Å²) in [6.45, 7) is 8.96. The van der Waals surface area contributed by atoms with E-state index >= 15 is 0 Å². The molecule has 1 aromatic carbocycles. The topological polar surface area (TPSA) is 169 Å². The molecular weight excluding hydrogens is 568 g/mol. The zero-order valence-corrected chi connectivity index (χ0v) is 26.6. The van der Waals surface area contributed by atoms with E-state index in [9.17, 15) is 22.8 Å². The van der Waals surface area contributed by atoms with Crippen molar-refractivity contribution in [2.45, 2.75) is 79.1 Å². The number of primary sulfonamides is 1. The van der Waals surface area contributed by atoms with Crippen LogP contribution in [0.25, 0.3) is 0 Å². The van der Waals surface area contributed by atoms with Gasteiger partial charge in [-0.2, -0.15) is 0 Å². The van der Waals surface area contributed by atoms with Gasteiger partial charge in [0.2, 0.25) is 10.0 Å². The van der Waals surface area contributed by atoms with Gasteiger partial charge in [0.1, 0.15) is 11.6 Å². The maximum Gasteiger partial charge on any atom is 0.305 e. The number of Topliss-reactive ketones (excluding diaryl/α,β-unsaturated/α-hetero) is 1. The number of anilines is 1. The summed E-state index contributed by atoms with van der Waals surface area (Å²) in [5.41, 5.74) is 2.92. The quantitative estimate of drug-likeness (QED) is 0.293. The fraction of sp³-hybridized carbons (Fsp3) is 0.562. The Morgan fingerprint density at radius 1 is 1.12 bits per heavy atom. The number of ketones is 1. The highest BCUT2D eigenvalue weighted by Gasteiger charge is 2.57. The molecule has 1 saturated carbocycles. The van der Waals surface area contributed by atoms with Gasteiger partial charge >= 0.3 is 5.97 Å². The second kappa shape index (κ2) is 14.4. The number of nitrogens with two attached hydrogens (primary N) is 1. The van der Waals surface area contributed by atoms with Crippen molar-refractivity contribution in [3.8, 4) is 0 Å². The lowest BCUT2D eigenvalue weighted by Crippen LogP contribution is -2.48. The number of aliphatic carboxylic acids is 1. The first-order valence-electron chi connectivity index (χ1n) is 15.0. The molecule has 2 heterocycles. The Balaban J connectivity index is 0.000000259. The Labute approximate surface area is 255 Å². The minimum atomic E-state index is -3.64. The third kappa shape index (κ3) is 8.86. The van der Waals surface area contributed by atoms with Gasteiger partial charge in [0.15, 0.2) is 0 Å². The fourth-order valence-electron chi connectivity index (χ4n) is 6.13. The number of fused-ring (bicyclic) bond motifs is 1. The number of carboxylic acids is 1. The first-order chi connectivity index (χ1) is 20.2. The van der Waals surface area contributed by atoms with Crippen LogP contribution in [0.2, 0.25) is 0 Å². The molecule has 0 spiro atoms. The molecule has 11 heteroatoms. The van der Waals surface area contributed by atoms with Gasteiger partial charge in [-0.15, -0.1) is 0 Å². The smallest absolute Gasteiger partial charge is 0.305 e. The number of benzene rings is 1. The molecule has 0 saturated heterocycles. The van der Waals surface area contributed by atoms with Gasteiger partial charge in [-0.3, -0.25) is 14.4 Å². The lowest BCUT2D eigenvalue weighted by Gasteiger charge is -2.41. The molecule has 2 aliphatic rings. The van der Waals surface area contributed by atoms with Crippen molar-refractivity contribution in [3.63, 3.8) is 0 Å². The van der Waals surface area contributed by atoms with Crippen LogP contribution in [0.15, 0.2) is 36.4 Å². The normalized spacial score (nSPS) is 20.6. The highest BCUT2D eigenvalue weighted by molar-refractivity contribution is 7.89. The third-order valence-electron chi connectivity index (χ3n) is 9.23. The van der Waals surface area contributed by atoms with Crippen molar-refractivity contribution < 1.29 is 27.9 Å². The Morgan fingerprint density at radius 3 is 2.40 bits per heavy atom. The number of aryl methyl sites for hydroxylation is 3. The number of carbonyl (C=O) groups is 3. The standard InChI is InChI=1S/C20H23N3O3.C12H23NO3S/c24-18(25)11-13-22-20(26)16-6-3-14(4-7-16)5-9-17-10-8-15-2-1-12-21-19(15)23-17;1-5-10(14)12(8-17(13,15)16)7-6-9(2)11(12,3)4/h3-4,6-8,10H,1-2,5,9,11-13H2,(H,21,23)(H,22,26)(H,24,25);9H,5-8H2,1-4H3,(H2,13,15,16). The molecule has 236 valence electrons. The van der Waals surface area contributed by atoms with Gasteiger partial charge in [0, 0.05) is 36.2 Å². The molecule has 1 amide bonds. The van der Waals surface area contributed by atoms with Crippen LogP contribution in [0.4, 0.5) is 5.82 Å². The van der Waals surface area contributed by atoms with Crippen LogP contribution in [-0.4, -0.2) is 55.0 Å². The summed E-state index contributed by atoms with van der Waals surface area (Å²) in [4.78, 5) is 39.4. The number of amides is 1. The van der Waals surface area contributed by atoms with Crippen molar-refractivity contribution in [1.29, 1.82) is 0 Å². The SMILES string of the molecule is CCC(=O)C1(CS(N)(=O)=O)CCC(C)C1(C)C.O=C(O)CCNC(=O)c1ccc(CCc2ccc3c(n2)NCCC3)cc1.